The van der Waals surface area contributed by atoms with Crippen LogP contribution in [-0.4, -0.2) is 9.78 Å². The highest BCUT2D eigenvalue weighted by Gasteiger charge is 2.23. The molecule has 0 amide bonds. The molecule has 2 rings (SSSR count). The summed E-state index contributed by atoms with van der Waals surface area (Å²) in [6.07, 6.45) is 3.43. The number of furan rings is 1. The molecule has 1 unspecified atom stereocenters. The quantitative estimate of drug-likeness (QED) is 0.947. The van der Waals surface area contributed by atoms with Gasteiger partial charge < -0.3 is 10.2 Å². The van der Waals surface area contributed by atoms with Gasteiger partial charge in [-0.05, 0) is 48.3 Å². The van der Waals surface area contributed by atoms with Crippen molar-refractivity contribution in [3.05, 3.63) is 40.0 Å². The lowest BCUT2D eigenvalue weighted by Gasteiger charge is -2.16. The number of rotatable bonds is 3. The SMILES string of the molecule is Cc1ccoc1C(N)c1c(Br)cnn1C(C)C. The summed E-state index contributed by atoms with van der Waals surface area (Å²) in [5, 5.41) is 4.32. The lowest BCUT2D eigenvalue weighted by molar-refractivity contribution is 0.449. The van der Waals surface area contributed by atoms with Crippen molar-refractivity contribution in [1.29, 1.82) is 0 Å². The average Bonchev–Trinajstić information content (AvgIpc) is 2.83. The highest BCUT2D eigenvalue weighted by atomic mass is 79.9. The molecule has 0 saturated carbocycles. The van der Waals surface area contributed by atoms with Crippen molar-refractivity contribution in [2.75, 3.05) is 0 Å². The molecule has 0 fully saturated rings. The second-order valence-electron chi connectivity index (χ2n) is 4.36. The molecule has 2 heterocycles. The topological polar surface area (TPSA) is 57.0 Å². The first-order chi connectivity index (χ1) is 8.02. The third kappa shape index (κ3) is 2.17. The monoisotopic (exact) mass is 297 g/mol. The Hall–Kier alpha value is -1.07. The van der Waals surface area contributed by atoms with Crippen molar-refractivity contribution >= 4 is 15.9 Å². The summed E-state index contributed by atoms with van der Waals surface area (Å²) in [7, 11) is 0. The van der Waals surface area contributed by atoms with Crippen LogP contribution in [0.5, 0.6) is 0 Å². The second-order valence-corrected chi connectivity index (χ2v) is 5.22. The number of hydrogen-bond donors (Lipinski definition) is 1. The maximum Gasteiger partial charge on any atom is 0.129 e. The van der Waals surface area contributed by atoms with Crippen LogP contribution in [0.1, 0.15) is 42.9 Å². The second kappa shape index (κ2) is 4.66. The Bertz CT molecular complexity index is 516. The van der Waals surface area contributed by atoms with E-state index in [-0.39, 0.29) is 12.1 Å². The van der Waals surface area contributed by atoms with Crippen molar-refractivity contribution in [1.82, 2.24) is 9.78 Å². The molecule has 1 atom stereocenters. The van der Waals surface area contributed by atoms with Crippen LogP contribution in [0.4, 0.5) is 0 Å². The van der Waals surface area contributed by atoms with Crippen LogP contribution < -0.4 is 5.73 Å². The third-order valence-electron chi connectivity index (χ3n) is 2.75. The predicted molar refractivity (Wildman–Crippen MR) is 69.8 cm³/mol. The highest BCUT2D eigenvalue weighted by molar-refractivity contribution is 9.10. The molecule has 92 valence electrons. The molecule has 17 heavy (non-hydrogen) atoms. The summed E-state index contributed by atoms with van der Waals surface area (Å²) in [5.41, 5.74) is 8.26. The zero-order valence-corrected chi connectivity index (χ0v) is 11.7. The molecule has 2 aromatic rings. The Kier molecular flexibility index (Phi) is 3.40. The fraction of sp³-hybridized carbons (Fsp3) is 0.417. The molecule has 0 aliphatic carbocycles. The molecular weight excluding hydrogens is 282 g/mol. The average molecular weight is 298 g/mol. The summed E-state index contributed by atoms with van der Waals surface area (Å²) in [6.45, 7) is 6.14. The molecule has 5 heteroatoms. The van der Waals surface area contributed by atoms with Gasteiger partial charge in [0.2, 0.25) is 0 Å². The van der Waals surface area contributed by atoms with Crippen LogP contribution >= 0.6 is 15.9 Å². The summed E-state index contributed by atoms with van der Waals surface area (Å²) in [4.78, 5) is 0. The van der Waals surface area contributed by atoms with Crippen molar-refractivity contribution in [3.8, 4) is 0 Å². The van der Waals surface area contributed by atoms with Crippen LogP contribution in [0.15, 0.2) is 27.4 Å². The smallest absolute Gasteiger partial charge is 0.129 e. The Morgan fingerprint density at radius 3 is 2.71 bits per heavy atom. The molecule has 0 aliphatic rings. The molecule has 0 saturated heterocycles. The van der Waals surface area contributed by atoms with Crippen molar-refractivity contribution in [2.24, 2.45) is 5.73 Å². The van der Waals surface area contributed by atoms with Crippen LogP contribution in [0.25, 0.3) is 0 Å². The lowest BCUT2D eigenvalue weighted by Crippen LogP contribution is -2.19. The Labute approximate surface area is 109 Å². The van der Waals surface area contributed by atoms with Crippen LogP contribution in [0, 0.1) is 6.92 Å². The van der Waals surface area contributed by atoms with Crippen LogP contribution in [0.2, 0.25) is 0 Å². The Morgan fingerprint density at radius 1 is 1.47 bits per heavy atom. The first-order valence-electron chi connectivity index (χ1n) is 5.54. The zero-order chi connectivity index (χ0) is 12.6. The number of halogens is 1. The fourth-order valence-electron chi connectivity index (χ4n) is 1.88. The summed E-state index contributed by atoms with van der Waals surface area (Å²) < 4.78 is 8.28. The van der Waals surface area contributed by atoms with E-state index in [1.807, 2.05) is 17.7 Å². The van der Waals surface area contributed by atoms with Gasteiger partial charge in [-0.2, -0.15) is 5.10 Å². The Balaban J connectivity index is 2.47. The van der Waals surface area contributed by atoms with Crippen molar-refractivity contribution in [3.63, 3.8) is 0 Å². The molecule has 4 nitrogen and oxygen atoms in total. The molecular formula is C12H16BrN3O. The third-order valence-corrected chi connectivity index (χ3v) is 3.37. The fourth-order valence-corrected chi connectivity index (χ4v) is 2.40. The van der Waals surface area contributed by atoms with Gasteiger partial charge in [0.1, 0.15) is 11.8 Å². The standard InChI is InChI=1S/C12H16BrN3O/c1-7(2)16-11(9(13)6-15-16)10(14)12-8(3)4-5-17-12/h4-7,10H,14H2,1-3H3. The maximum atomic E-state index is 6.26. The van der Waals surface area contributed by atoms with E-state index in [4.69, 9.17) is 10.2 Å². The summed E-state index contributed by atoms with van der Waals surface area (Å²) in [6, 6.07) is 1.88. The summed E-state index contributed by atoms with van der Waals surface area (Å²) >= 11 is 3.49. The molecule has 0 bridgehead atoms. The van der Waals surface area contributed by atoms with E-state index in [0.717, 1.165) is 21.5 Å². The van der Waals surface area contributed by atoms with E-state index < -0.39 is 0 Å². The predicted octanol–water partition coefficient (Wildman–Crippen LogP) is 3.18. The van der Waals surface area contributed by atoms with Gasteiger partial charge in [-0.15, -0.1) is 0 Å². The largest absolute Gasteiger partial charge is 0.467 e. The summed E-state index contributed by atoms with van der Waals surface area (Å²) in [5.74, 6) is 0.785. The Morgan fingerprint density at radius 2 is 2.18 bits per heavy atom. The first kappa shape index (κ1) is 12.4. The zero-order valence-electron chi connectivity index (χ0n) is 10.1. The number of nitrogens with two attached hydrogens (primary N) is 1. The molecule has 0 aliphatic heterocycles. The van der Waals surface area contributed by atoms with E-state index in [1.165, 1.54) is 0 Å². The van der Waals surface area contributed by atoms with Gasteiger partial charge in [-0.25, -0.2) is 0 Å². The van der Waals surface area contributed by atoms with Gasteiger partial charge in [-0.1, -0.05) is 0 Å². The number of nitrogens with zero attached hydrogens (tertiary/aromatic N) is 2. The highest BCUT2D eigenvalue weighted by Crippen LogP contribution is 2.30. The van der Waals surface area contributed by atoms with Gasteiger partial charge >= 0.3 is 0 Å². The van der Waals surface area contributed by atoms with Gasteiger partial charge in [-0.3, -0.25) is 4.68 Å². The van der Waals surface area contributed by atoms with E-state index in [0.29, 0.717) is 0 Å². The van der Waals surface area contributed by atoms with E-state index in [1.54, 1.807) is 12.5 Å². The minimum absolute atomic E-state index is 0.262. The van der Waals surface area contributed by atoms with E-state index >= 15 is 0 Å². The molecule has 0 radical (unpaired) electrons. The number of hydrogen-bond acceptors (Lipinski definition) is 3. The molecule has 2 N–H and O–H groups in total. The number of aromatic nitrogens is 2. The van der Waals surface area contributed by atoms with Gasteiger partial charge in [0.05, 0.1) is 22.6 Å². The van der Waals surface area contributed by atoms with Gasteiger partial charge in [0.25, 0.3) is 0 Å². The van der Waals surface area contributed by atoms with Crippen molar-refractivity contribution < 1.29 is 4.42 Å². The first-order valence-corrected chi connectivity index (χ1v) is 6.34. The van der Waals surface area contributed by atoms with Crippen LogP contribution in [0.3, 0.4) is 0 Å². The normalized spacial score (nSPS) is 13.3. The number of aryl methyl sites for hydroxylation is 1. The molecule has 2 aromatic heterocycles. The van der Waals surface area contributed by atoms with E-state index in [2.05, 4.69) is 34.9 Å². The lowest BCUT2D eigenvalue weighted by atomic mass is 10.1. The van der Waals surface area contributed by atoms with Gasteiger partial charge in [0.15, 0.2) is 0 Å². The van der Waals surface area contributed by atoms with Gasteiger partial charge in [0, 0.05) is 6.04 Å². The molecule has 0 spiro atoms. The molecule has 0 aromatic carbocycles. The van der Waals surface area contributed by atoms with Crippen molar-refractivity contribution in [2.45, 2.75) is 32.9 Å². The minimum Gasteiger partial charge on any atom is -0.467 e. The van der Waals surface area contributed by atoms with Crippen LogP contribution in [-0.2, 0) is 0 Å². The van der Waals surface area contributed by atoms with E-state index in [9.17, 15) is 0 Å². The minimum atomic E-state index is -0.302. The maximum absolute atomic E-state index is 6.26.